The molecular formula is C13H12N4S. The molecule has 90 valence electrons. The minimum absolute atomic E-state index is 0.526. The highest BCUT2D eigenvalue weighted by molar-refractivity contribution is 7.22. The van der Waals surface area contributed by atoms with Gasteiger partial charge in [-0.25, -0.2) is 0 Å². The summed E-state index contributed by atoms with van der Waals surface area (Å²) in [5.41, 5.74) is 9.51. The molecule has 3 rings (SSSR count). The van der Waals surface area contributed by atoms with Crippen LogP contribution >= 0.6 is 11.3 Å². The molecule has 0 aliphatic rings. The Labute approximate surface area is 109 Å². The highest BCUT2D eigenvalue weighted by Crippen LogP contribution is 2.26. The van der Waals surface area contributed by atoms with Gasteiger partial charge < -0.3 is 5.73 Å². The molecule has 0 fully saturated rings. The van der Waals surface area contributed by atoms with Crippen molar-refractivity contribution >= 4 is 26.8 Å². The number of fused-ring (bicyclic) bond motifs is 1. The molecule has 0 saturated carbocycles. The number of nitrogens with two attached hydrogens (primary N) is 1. The molecule has 4 nitrogen and oxygen atoms in total. The summed E-state index contributed by atoms with van der Waals surface area (Å²) in [4.78, 5) is 4.10. The molecule has 1 aromatic carbocycles. The zero-order valence-electron chi connectivity index (χ0n) is 9.92. The van der Waals surface area contributed by atoms with E-state index in [1.807, 2.05) is 6.07 Å². The first-order valence-electron chi connectivity index (χ1n) is 5.75. The van der Waals surface area contributed by atoms with E-state index in [1.54, 1.807) is 0 Å². The van der Waals surface area contributed by atoms with E-state index in [-0.39, 0.29) is 0 Å². The average molecular weight is 256 g/mol. The molecule has 2 N–H and O–H groups in total. The maximum atomic E-state index is 5.66. The zero-order valence-corrected chi connectivity index (χ0v) is 10.7. The third kappa shape index (κ3) is 1.93. The van der Waals surface area contributed by atoms with Crippen molar-refractivity contribution in [2.24, 2.45) is 0 Å². The molecule has 0 saturated heterocycles. The minimum Gasteiger partial charge on any atom is -0.375 e. The third-order valence-corrected chi connectivity index (χ3v) is 3.65. The predicted molar refractivity (Wildman–Crippen MR) is 74.4 cm³/mol. The number of thiazole rings is 1. The quantitative estimate of drug-likeness (QED) is 0.765. The Balaban J connectivity index is 2.06. The van der Waals surface area contributed by atoms with Crippen LogP contribution in [0, 0.1) is 0 Å². The topological polar surface area (TPSA) is 64.7 Å². The van der Waals surface area contributed by atoms with E-state index in [1.165, 1.54) is 16.9 Å². The number of nitrogens with zero attached hydrogens (tertiary/aromatic N) is 3. The lowest BCUT2D eigenvalue weighted by Crippen LogP contribution is -1.89. The van der Waals surface area contributed by atoms with Crippen LogP contribution in [0.2, 0.25) is 0 Å². The zero-order chi connectivity index (χ0) is 12.5. The molecule has 0 bridgehead atoms. The fourth-order valence-electron chi connectivity index (χ4n) is 1.81. The van der Waals surface area contributed by atoms with Crippen molar-refractivity contribution < 1.29 is 0 Å². The van der Waals surface area contributed by atoms with Gasteiger partial charge in [0.1, 0.15) is 0 Å². The van der Waals surface area contributed by atoms with Crippen molar-refractivity contribution in [1.29, 1.82) is 0 Å². The van der Waals surface area contributed by atoms with Gasteiger partial charge in [-0.2, -0.15) is 4.98 Å². The second-order valence-electron chi connectivity index (χ2n) is 4.02. The van der Waals surface area contributed by atoms with Gasteiger partial charge in [0.2, 0.25) is 0 Å². The lowest BCUT2D eigenvalue weighted by atomic mass is 10.1. The molecule has 0 aliphatic carbocycles. The van der Waals surface area contributed by atoms with Crippen LogP contribution in [0.5, 0.6) is 0 Å². The van der Waals surface area contributed by atoms with E-state index >= 15 is 0 Å². The number of anilines is 1. The fraction of sp³-hybridized carbons (Fsp3) is 0.154. The van der Waals surface area contributed by atoms with E-state index < -0.39 is 0 Å². The summed E-state index contributed by atoms with van der Waals surface area (Å²) in [6.07, 6.45) is 1.04. The van der Waals surface area contributed by atoms with E-state index in [2.05, 4.69) is 46.4 Å². The van der Waals surface area contributed by atoms with Crippen molar-refractivity contribution in [2.45, 2.75) is 13.3 Å². The van der Waals surface area contributed by atoms with Crippen molar-refractivity contribution in [3.63, 3.8) is 0 Å². The molecule has 0 spiro atoms. The molecule has 18 heavy (non-hydrogen) atoms. The largest absolute Gasteiger partial charge is 0.375 e. The number of rotatable bonds is 2. The highest BCUT2D eigenvalue weighted by atomic mass is 32.1. The Hall–Kier alpha value is -2.01. The van der Waals surface area contributed by atoms with Crippen LogP contribution in [-0.4, -0.2) is 15.2 Å². The summed E-state index contributed by atoms with van der Waals surface area (Å²) < 4.78 is 0.970. The SMILES string of the molecule is CCc1ccc(-c2cc3sc(N)nc3nn2)cc1. The second kappa shape index (κ2) is 4.34. The summed E-state index contributed by atoms with van der Waals surface area (Å²) in [6.45, 7) is 2.14. The van der Waals surface area contributed by atoms with Crippen LogP contribution in [0.4, 0.5) is 5.13 Å². The molecular weight excluding hydrogens is 244 g/mol. The van der Waals surface area contributed by atoms with Crippen LogP contribution < -0.4 is 5.73 Å². The molecule has 3 aromatic rings. The van der Waals surface area contributed by atoms with Gasteiger partial charge in [-0.05, 0) is 18.1 Å². The van der Waals surface area contributed by atoms with Gasteiger partial charge in [-0.15, -0.1) is 10.2 Å². The molecule has 0 unspecified atom stereocenters. The summed E-state index contributed by atoms with van der Waals surface area (Å²) >= 11 is 1.43. The first kappa shape index (κ1) is 11.1. The predicted octanol–water partition coefficient (Wildman–Crippen LogP) is 2.90. The van der Waals surface area contributed by atoms with Gasteiger partial charge in [0.05, 0.1) is 10.4 Å². The Bertz CT molecular complexity index is 688. The standard InChI is InChI=1S/C13H12N4S/c1-2-8-3-5-9(6-4-8)10-7-11-12(17-16-10)15-13(14)18-11/h3-7H,2H2,1H3,(H2,14,15,17). The van der Waals surface area contributed by atoms with Crippen LogP contribution in [0.1, 0.15) is 12.5 Å². The summed E-state index contributed by atoms with van der Waals surface area (Å²) in [6, 6.07) is 10.3. The van der Waals surface area contributed by atoms with Crippen LogP contribution in [0.3, 0.4) is 0 Å². The van der Waals surface area contributed by atoms with Crippen LogP contribution in [0.15, 0.2) is 30.3 Å². The monoisotopic (exact) mass is 256 g/mol. The summed E-state index contributed by atoms with van der Waals surface area (Å²) in [7, 11) is 0. The van der Waals surface area contributed by atoms with E-state index in [0.29, 0.717) is 10.8 Å². The Morgan fingerprint density at radius 3 is 2.67 bits per heavy atom. The number of benzene rings is 1. The van der Waals surface area contributed by atoms with Crippen LogP contribution in [0.25, 0.3) is 21.6 Å². The molecule has 0 radical (unpaired) electrons. The maximum absolute atomic E-state index is 5.66. The Morgan fingerprint density at radius 1 is 1.17 bits per heavy atom. The van der Waals surface area contributed by atoms with E-state index in [4.69, 9.17) is 5.73 Å². The van der Waals surface area contributed by atoms with Gasteiger partial charge in [-0.1, -0.05) is 42.5 Å². The van der Waals surface area contributed by atoms with Crippen molar-refractivity contribution in [1.82, 2.24) is 15.2 Å². The number of hydrogen-bond donors (Lipinski definition) is 1. The summed E-state index contributed by atoms with van der Waals surface area (Å²) in [5, 5.41) is 8.80. The van der Waals surface area contributed by atoms with Gasteiger partial charge >= 0.3 is 0 Å². The molecule has 2 aromatic heterocycles. The minimum atomic E-state index is 0.526. The Morgan fingerprint density at radius 2 is 1.94 bits per heavy atom. The molecule has 5 heteroatoms. The molecule has 0 aliphatic heterocycles. The fourth-order valence-corrected chi connectivity index (χ4v) is 2.52. The van der Waals surface area contributed by atoms with Gasteiger partial charge in [0.25, 0.3) is 0 Å². The lowest BCUT2D eigenvalue weighted by Gasteiger charge is -2.01. The molecule has 0 atom stereocenters. The first-order chi connectivity index (χ1) is 8.76. The maximum Gasteiger partial charge on any atom is 0.194 e. The van der Waals surface area contributed by atoms with Gasteiger partial charge in [0, 0.05) is 5.56 Å². The van der Waals surface area contributed by atoms with E-state index in [9.17, 15) is 0 Å². The van der Waals surface area contributed by atoms with Crippen molar-refractivity contribution in [3.05, 3.63) is 35.9 Å². The molecule has 2 heterocycles. The first-order valence-corrected chi connectivity index (χ1v) is 6.57. The number of nitrogen functional groups attached to an aromatic ring is 1. The molecule has 0 amide bonds. The van der Waals surface area contributed by atoms with Crippen LogP contribution in [-0.2, 0) is 6.42 Å². The lowest BCUT2D eigenvalue weighted by molar-refractivity contribution is 1.06. The number of aryl methyl sites for hydroxylation is 1. The van der Waals surface area contributed by atoms with E-state index in [0.717, 1.165) is 22.4 Å². The Kier molecular flexibility index (Phi) is 2.68. The van der Waals surface area contributed by atoms with Gasteiger partial charge in [0.15, 0.2) is 10.8 Å². The number of hydrogen-bond acceptors (Lipinski definition) is 5. The normalized spacial score (nSPS) is 10.9. The highest BCUT2D eigenvalue weighted by Gasteiger charge is 2.06. The number of aromatic nitrogens is 3. The smallest absolute Gasteiger partial charge is 0.194 e. The second-order valence-corrected chi connectivity index (χ2v) is 5.08. The summed E-state index contributed by atoms with van der Waals surface area (Å²) in [5.74, 6) is 0. The van der Waals surface area contributed by atoms with Crippen molar-refractivity contribution in [2.75, 3.05) is 5.73 Å². The average Bonchev–Trinajstić information content (AvgIpc) is 2.78. The van der Waals surface area contributed by atoms with Gasteiger partial charge in [-0.3, -0.25) is 0 Å². The third-order valence-electron chi connectivity index (χ3n) is 2.83. The van der Waals surface area contributed by atoms with Crippen molar-refractivity contribution in [3.8, 4) is 11.3 Å².